The summed E-state index contributed by atoms with van der Waals surface area (Å²) >= 11 is 0. The summed E-state index contributed by atoms with van der Waals surface area (Å²) < 4.78 is 10.4. The Kier molecular flexibility index (Phi) is 7.00. The second kappa shape index (κ2) is 10.1. The van der Waals surface area contributed by atoms with Crippen LogP contribution in [0.3, 0.4) is 0 Å². The number of methoxy groups -OCH3 is 1. The second-order valence-corrected chi connectivity index (χ2v) is 6.59. The molecule has 0 bridgehead atoms. The Labute approximate surface area is 176 Å². The number of hydrogen-bond acceptors (Lipinski definition) is 4. The number of hydrogen-bond donors (Lipinski definition) is 1. The summed E-state index contributed by atoms with van der Waals surface area (Å²) in [5, 5.41) is 2.85. The number of carbonyl (C=O) groups excluding carboxylic acids is 2. The summed E-state index contributed by atoms with van der Waals surface area (Å²) in [6.07, 6.45) is 1.95. The molecule has 0 spiro atoms. The SMILES string of the molecule is COc1cccc(/C=C/C(=O)O[C@H](C)C(=O)Nc2ccccc2-c2ccccc2)c1. The summed E-state index contributed by atoms with van der Waals surface area (Å²) in [7, 11) is 1.58. The van der Waals surface area contributed by atoms with Crippen LogP contribution >= 0.6 is 0 Å². The lowest BCUT2D eigenvalue weighted by Gasteiger charge is -2.15. The standard InChI is InChI=1S/C25H23NO4/c1-18(30-24(27)16-15-19-9-8-12-21(17-19)29-2)25(28)26-23-14-7-6-13-22(23)20-10-4-3-5-11-20/h3-18H,1-2H3,(H,26,28)/b16-15+/t18-/m1/s1. The third-order valence-electron chi connectivity index (χ3n) is 4.44. The average Bonchev–Trinajstić information content (AvgIpc) is 2.78. The van der Waals surface area contributed by atoms with Crippen molar-refractivity contribution in [1.29, 1.82) is 0 Å². The van der Waals surface area contributed by atoms with Crippen LogP contribution in [0.4, 0.5) is 5.69 Å². The van der Waals surface area contributed by atoms with Crippen molar-refractivity contribution in [3.8, 4) is 16.9 Å². The molecule has 0 aliphatic rings. The zero-order valence-corrected chi connectivity index (χ0v) is 16.9. The number of amides is 1. The molecule has 0 aliphatic carbocycles. The molecule has 0 heterocycles. The molecule has 1 atom stereocenters. The predicted molar refractivity (Wildman–Crippen MR) is 118 cm³/mol. The Balaban J connectivity index is 1.63. The van der Waals surface area contributed by atoms with Gasteiger partial charge in [-0.05, 0) is 42.3 Å². The molecule has 0 radical (unpaired) electrons. The Morgan fingerprint density at radius 2 is 1.67 bits per heavy atom. The van der Waals surface area contributed by atoms with Crippen molar-refractivity contribution < 1.29 is 19.1 Å². The first kappa shape index (κ1) is 20.9. The zero-order valence-electron chi connectivity index (χ0n) is 16.9. The molecular weight excluding hydrogens is 378 g/mol. The maximum absolute atomic E-state index is 12.6. The molecule has 3 aromatic rings. The summed E-state index contributed by atoms with van der Waals surface area (Å²) in [6.45, 7) is 1.54. The maximum atomic E-state index is 12.6. The number of benzene rings is 3. The highest BCUT2D eigenvalue weighted by Gasteiger charge is 2.18. The number of rotatable bonds is 7. The summed E-state index contributed by atoms with van der Waals surface area (Å²) in [5.74, 6) is -0.311. The van der Waals surface area contributed by atoms with Gasteiger partial charge in [-0.15, -0.1) is 0 Å². The van der Waals surface area contributed by atoms with Crippen molar-refractivity contribution in [3.63, 3.8) is 0 Å². The van der Waals surface area contributed by atoms with Gasteiger partial charge in [-0.2, -0.15) is 0 Å². The van der Waals surface area contributed by atoms with Gasteiger partial charge >= 0.3 is 5.97 Å². The number of ether oxygens (including phenoxy) is 2. The van der Waals surface area contributed by atoms with E-state index in [0.29, 0.717) is 11.4 Å². The molecule has 5 nitrogen and oxygen atoms in total. The van der Waals surface area contributed by atoms with E-state index in [-0.39, 0.29) is 0 Å². The number of esters is 1. The molecule has 0 saturated heterocycles. The summed E-state index contributed by atoms with van der Waals surface area (Å²) in [4.78, 5) is 24.7. The van der Waals surface area contributed by atoms with Crippen LogP contribution in [-0.2, 0) is 14.3 Å². The average molecular weight is 401 g/mol. The fourth-order valence-electron chi connectivity index (χ4n) is 2.87. The van der Waals surface area contributed by atoms with Crippen LogP contribution in [0.25, 0.3) is 17.2 Å². The van der Waals surface area contributed by atoms with Gasteiger partial charge in [0.05, 0.1) is 7.11 Å². The monoisotopic (exact) mass is 401 g/mol. The highest BCUT2D eigenvalue weighted by molar-refractivity contribution is 5.99. The Bertz CT molecular complexity index is 1040. The van der Waals surface area contributed by atoms with E-state index >= 15 is 0 Å². The van der Waals surface area contributed by atoms with E-state index in [2.05, 4.69) is 5.32 Å². The van der Waals surface area contributed by atoms with Gasteiger partial charge < -0.3 is 14.8 Å². The zero-order chi connectivity index (χ0) is 21.3. The molecule has 1 amide bonds. The molecule has 1 N–H and O–H groups in total. The molecule has 5 heteroatoms. The number of nitrogens with one attached hydrogen (secondary N) is 1. The third kappa shape index (κ3) is 5.58. The van der Waals surface area contributed by atoms with Crippen LogP contribution in [0.5, 0.6) is 5.75 Å². The molecule has 152 valence electrons. The van der Waals surface area contributed by atoms with Gasteiger partial charge in [0.1, 0.15) is 5.75 Å². The minimum atomic E-state index is -0.948. The Morgan fingerprint density at radius 3 is 2.43 bits per heavy atom. The highest BCUT2D eigenvalue weighted by atomic mass is 16.5. The first-order chi connectivity index (χ1) is 14.6. The first-order valence-electron chi connectivity index (χ1n) is 9.55. The Morgan fingerprint density at radius 1 is 0.933 bits per heavy atom. The van der Waals surface area contributed by atoms with Gasteiger partial charge in [0.2, 0.25) is 0 Å². The lowest BCUT2D eigenvalue weighted by Crippen LogP contribution is -2.29. The van der Waals surface area contributed by atoms with Gasteiger partial charge in [0, 0.05) is 17.3 Å². The van der Waals surface area contributed by atoms with Crippen molar-refractivity contribution in [2.75, 3.05) is 12.4 Å². The lowest BCUT2D eigenvalue weighted by atomic mass is 10.0. The number of para-hydroxylation sites is 1. The molecule has 0 saturated carbocycles. The normalized spacial score (nSPS) is 11.7. The van der Waals surface area contributed by atoms with E-state index in [0.717, 1.165) is 16.7 Å². The van der Waals surface area contributed by atoms with Gasteiger partial charge in [0.15, 0.2) is 6.10 Å². The molecule has 3 aromatic carbocycles. The minimum Gasteiger partial charge on any atom is -0.497 e. The third-order valence-corrected chi connectivity index (χ3v) is 4.44. The second-order valence-electron chi connectivity index (χ2n) is 6.59. The van der Waals surface area contributed by atoms with Crippen molar-refractivity contribution in [1.82, 2.24) is 0 Å². The van der Waals surface area contributed by atoms with Crippen molar-refractivity contribution >= 4 is 23.6 Å². The van der Waals surface area contributed by atoms with Crippen molar-refractivity contribution in [3.05, 3.63) is 90.5 Å². The molecule has 0 aliphatic heterocycles. The van der Waals surface area contributed by atoms with E-state index in [1.165, 1.54) is 13.0 Å². The molecule has 0 aromatic heterocycles. The van der Waals surface area contributed by atoms with Gasteiger partial charge in [-0.1, -0.05) is 60.7 Å². The molecule has 3 rings (SSSR count). The molecule has 30 heavy (non-hydrogen) atoms. The topological polar surface area (TPSA) is 64.6 Å². The van der Waals surface area contributed by atoms with E-state index in [9.17, 15) is 9.59 Å². The van der Waals surface area contributed by atoms with E-state index < -0.39 is 18.0 Å². The largest absolute Gasteiger partial charge is 0.497 e. The number of anilines is 1. The molecular formula is C25H23NO4. The first-order valence-corrected chi connectivity index (χ1v) is 9.55. The Hall–Kier alpha value is -3.86. The smallest absolute Gasteiger partial charge is 0.331 e. The van der Waals surface area contributed by atoms with Gasteiger partial charge in [0.25, 0.3) is 5.91 Å². The van der Waals surface area contributed by atoms with Crippen LogP contribution in [-0.4, -0.2) is 25.1 Å². The summed E-state index contributed by atoms with van der Waals surface area (Å²) in [5.41, 5.74) is 3.32. The molecule has 0 unspecified atom stereocenters. The minimum absolute atomic E-state index is 0.401. The highest BCUT2D eigenvalue weighted by Crippen LogP contribution is 2.27. The van der Waals surface area contributed by atoms with Crippen LogP contribution in [0, 0.1) is 0 Å². The van der Waals surface area contributed by atoms with Gasteiger partial charge in [-0.25, -0.2) is 4.79 Å². The fraction of sp³-hybridized carbons (Fsp3) is 0.120. The van der Waals surface area contributed by atoms with Crippen LogP contribution in [0.1, 0.15) is 12.5 Å². The predicted octanol–water partition coefficient (Wildman–Crippen LogP) is 4.95. The molecule has 0 fully saturated rings. The van der Waals surface area contributed by atoms with E-state index in [4.69, 9.17) is 9.47 Å². The maximum Gasteiger partial charge on any atom is 0.331 e. The quantitative estimate of drug-likeness (QED) is 0.450. The van der Waals surface area contributed by atoms with E-state index in [1.54, 1.807) is 19.3 Å². The van der Waals surface area contributed by atoms with Crippen molar-refractivity contribution in [2.45, 2.75) is 13.0 Å². The summed E-state index contributed by atoms with van der Waals surface area (Å²) in [6, 6.07) is 24.5. The number of carbonyl (C=O) groups is 2. The van der Waals surface area contributed by atoms with Crippen LogP contribution in [0.2, 0.25) is 0 Å². The van der Waals surface area contributed by atoms with E-state index in [1.807, 2.05) is 72.8 Å². The van der Waals surface area contributed by atoms with Gasteiger partial charge in [-0.3, -0.25) is 4.79 Å². The van der Waals surface area contributed by atoms with Crippen LogP contribution in [0.15, 0.2) is 84.9 Å². The van der Waals surface area contributed by atoms with Crippen LogP contribution < -0.4 is 10.1 Å². The fourth-order valence-corrected chi connectivity index (χ4v) is 2.87. The lowest BCUT2D eigenvalue weighted by molar-refractivity contribution is -0.148. The van der Waals surface area contributed by atoms with Crippen molar-refractivity contribution in [2.24, 2.45) is 0 Å².